The van der Waals surface area contributed by atoms with E-state index in [-0.39, 0.29) is 6.61 Å². The standard InChI is InChI=1S/C12H12ClN3O2/c1-2-16-12(14-8-15-16)7-18-11-5-3-4-10(13)9(11)6-17/h3-6,8H,2,7H2,1H3. The summed E-state index contributed by atoms with van der Waals surface area (Å²) in [6.45, 7) is 2.93. The summed E-state index contributed by atoms with van der Waals surface area (Å²) in [7, 11) is 0. The van der Waals surface area contributed by atoms with Crippen molar-refractivity contribution < 1.29 is 9.53 Å². The van der Waals surface area contributed by atoms with Crippen LogP contribution in [0.3, 0.4) is 0 Å². The molecule has 94 valence electrons. The fourth-order valence-electron chi connectivity index (χ4n) is 1.56. The number of rotatable bonds is 5. The predicted octanol–water partition coefficient (Wildman–Crippen LogP) is 2.34. The molecule has 0 saturated carbocycles. The zero-order chi connectivity index (χ0) is 13.0. The van der Waals surface area contributed by atoms with E-state index in [2.05, 4.69) is 10.1 Å². The summed E-state index contributed by atoms with van der Waals surface area (Å²) in [6.07, 6.45) is 2.16. The molecule has 5 nitrogen and oxygen atoms in total. The third-order valence-corrected chi connectivity index (χ3v) is 2.81. The molecule has 1 aromatic carbocycles. The number of nitrogens with zero attached hydrogens (tertiary/aromatic N) is 3. The van der Waals surface area contributed by atoms with E-state index in [0.717, 1.165) is 6.54 Å². The average molecular weight is 266 g/mol. The van der Waals surface area contributed by atoms with Gasteiger partial charge in [-0.25, -0.2) is 9.67 Å². The lowest BCUT2D eigenvalue weighted by Gasteiger charge is -2.09. The van der Waals surface area contributed by atoms with Crippen LogP contribution in [-0.2, 0) is 13.2 Å². The van der Waals surface area contributed by atoms with Crippen LogP contribution in [0.1, 0.15) is 23.1 Å². The van der Waals surface area contributed by atoms with Crippen LogP contribution in [0.4, 0.5) is 0 Å². The third-order valence-electron chi connectivity index (χ3n) is 2.48. The molecule has 6 heteroatoms. The van der Waals surface area contributed by atoms with E-state index in [1.807, 2.05) is 6.92 Å². The Bertz CT molecular complexity index is 554. The second-order valence-corrected chi connectivity index (χ2v) is 3.96. The lowest BCUT2D eigenvalue weighted by Crippen LogP contribution is -2.08. The van der Waals surface area contributed by atoms with Crippen LogP contribution >= 0.6 is 11.6 Å². The van der Waals surface area contributed by atoms with Crippen LogP contribution < -0.4 is 4.74 Å². The van der Waals surface area contributed by atoms with E-state index in [1.54, 1.807) is 22.9 Å². The van der Waals surface area contributed by atoms with Gasteiger partial charge in [0.2, 0.25) is 0 Å². The molecule has 0 bridgehead atoms. The van der Waals surface area contributed by atoms with Crippen molar-refractivity contribution in [1.29, 1.82) is 0 Å². The van der Waals surface area contributed by atoms with Crippen molar-refractivity contribution >= 4 is 17.9 Å². The van der Waals surface area contributed by atoms with Crippen molar-refractivity contribution in [3.8, 4) is 5.75 Å². The monoisotopic (exact) mass is 265 g/mol. The Balaban J connectivity index is 2.16. The molecule has 0 unspecified atom stereocenters. The first-order valence-electron chi connectivity index (χ1n) is 5.49. The molecule has 0 spiro atoms. The number of halogens is 1. The van der Waals surface area contributed by atoms with Gasteiger partial charge in [-0.3, -0.25) is 4.79 Å². The summed E-state index contributed by atoms with van der Waals surface area (Å²) in [4.78, 5) is 15.0. The first kappa shape index (κ1) is 12.6. The van der Waals surface area contributed by atoms with Gasteiger partial charge in [0.1, 0.15) is 18.7 Å². The second-order valence-electron chi connectivity index (χ2n) is 3.55. The Morgan fingerprint density at radius 3 is 3.06 bits per heavy atom. The summed E-state index contributed by atoms with van der Waals surface area (Å²) in [5.74, 6) is 1.15. The first-order chi connectivity index (χ1) is 8.76. The molecule has 2 rings (SSSR count). The van der Waals surface area contributed by atoms with Crippen molar-refractivity contribution in [2.24, 2.45) is 0 Å². The van der Waals surface area contributed by atoms with Gasteiger partial charge in [0, 0.05) is 6.54 Å². The first-order valence-corrected chi connectivity index (χ1v) is 5.87. The minimum absolute atomic E-state index is 0.245. The maximum absolute atomic E-state index is 10.9. The van der Waals surface area contributed by atoms with Crippen molar-refractivity contribution in [3.05, 3.63) is 40.9 Å². The molecule has 2 aromatic rings. The lowest BCUT2D eigenvalue weighted by atomic mass is 10.2. The zero-order valence-electron chi connectivity index (χ0n) is 9.84. The molecule has 0 amide bonds. The number of hydrogen-bond acceptors (Lipinski definition) is 4. The molecule has 0 radical (unpaired) electrons. The molecular weight excluding hydrogens is 254 g/mol. The van der Waals surface area contributed by atoms with E-state index in [9.17, 15) is 4.79 Å². The number of ether oxygens (including phenoxy) is 1. The van der Waals surface area contributed by atoms with Gasteiger partial charge in [-0.15, -0.1) is 0 Å². The highest BCUT2D eigenvalue weighted by atomic mass is 35.5. The highest BCUT2D eigenvalue weighted by molar-refractivity contribution is 6.33. The van der Waals surface area contributed by atoms with Gasteiger partial charge in [-0.05, 0) is 19.1 Å². The molecule has 0 N–H and O–H groups in total. The van der Waals surface area contributed by atoms with Crippen LogP contribution in [0.15, 0.2) is 24.5 Å². The van der Waals surface area contributed by atoms with Crippen molar-refractivity contribution in [2.45, 2.75) is 20.1 Å². The minimum Gasteiger partial charge on any atom is -0.485 e. The molecule has 0 aliphatic carbocycles. The summed E-state index contributed by atoms with van der Waals surface area (Å²) in [5.41, 5.74) is 0.349. The van der Waals surface area contributed by atoms with E-state index < -0.39 is 0 Å². The highest BCUT2D eigenvalue weighted by Crippen LogP contribution is 2.25. The molecule has 1 aromatic heterocycles. The summed E-state index contributed by atoms with van der Waals surface area (Å²) < 4.78 is 7.28. The molecule has 0 aliphatic heterocycles. The van der Waals surface area contributed by atoms with Gasteiger partial charge in [0.05, 0.1) is 10.6 Å². The van der Waals surface area contributed by atoms with Crippen LogP contribution in [0.2, 0.25) is 5.02 Å². The number of aryl methyl sites for hydroxylation is 1. The maximum Gasteiger partial charge on any atom is 0.164 e. The maximum atomic E-state index is 10.9. The largest absolute Gasteiger partial charge is 0.485 e. The molecule has 0 fully saturated rings. The topological polar surface area (TPSA) is 57.0 Å². The Morgan fingerprint density at radius 2 is 2.33 bits per heavy atom. The number of aromatic nitrogens is 3. The van der Waals surface area contributed by atoms with Crippen LogP contribution in [0, 0.1) is 0 Å². The Kier molecular flexibility index (Phi) is 3.94. The lowest BCUT2D eigenvalue weighted by molar-refractivity contribution is 0.111. The number of benzene rings is 1. The van der Waals surface area contributed by atoms with Crippen molar-refractivity contribution in [2.75, 3.05) is 0 Å². The summed E-state index contributed by atoms with van der Waals surface area (Å²) >= 11 is 5.90. The number of carbonyl (C=O) groups excluding carboxylic acids is 1. The third kappa shape index (κ3) is 2.51. The Labute approximate surface area is 109 Å². The number of aldehydes is 1. The minimum atomic E-state index is 0.245. The summed E-state index contributed by atoms with van der Waals surface area (Å²) in [6, 6.07) is 5.07. The SMILES string of the molecule is CCn1ncnc1COc1cccc(Cl)c1C=O. The molecular formula is C12H12ClN3O2. The van der Waals surface area contributed by atoms with Crippen LogP contribution in [0.25, 0.3) is 0 Å². The smallest absolute Gasteiger partial charge is 0.164 e. The zero-order valence-corrected chi connectivity index (χ0v) is 10.6. The molecule has 0 aliphatic rings. The van der Waals surface area contributed by atoms with Crippen LogP contribution in [0.5, 0.6) is 5.75 Å². The van der Waals surface area contributed by atoms with Gasteiger partial charge in [0.15, 0.2) is 12.1 Å². The quantitative estimate of drug-likeness (QED) is 0.779. The van der Waals surface area contributed by atoms with Crippen LogP contribution in [-0.4, -0.2) is 21.1 Å². The fraction of sp³-hybridized carbons (Fsp3) is 0.250. The van der Waals surface area contributed by atoms with Gasteiger partial charge in [-0.1, -0.05) is 17.7 Å². The molecule has 1 heterocycles. The van der Waals surface area contributed by atoms with E-state index in [0.29, 0.717) is 28.4 Å². The highest BCUT2D eigenvalue weighted by Gasteiger charge is 2.09. The number of carbonyl (C=O) groups is 1. The van der Waals surface area contributed by atoms with Crippen molar-refractivity contribution in [3.63, 3.8) is 0 Å². The Hall–Kier alpha value is -1.88. The van der Waals surface area contributed by atoms with E-state index in [4.69, 9.17) is 16.3 Å². The molecule has 0 saturated heterocycles. The molecule has 18 heavy (non-hydrogen) atoms. The van der Waals surface area contributed by atoms with Gasteiger partial charge < -0.3 is 4.74 Å². The molecule has 0 atom stereocenters. The van der Waals surface area contributed by atoms with Gasteiger partial charge in [-0.2, -0.15) is 5.10 Å². The Morgan fingerprint density at radius 1 is 1.50 bits per heavy atom. The number of hydrogen-bond donors (Lipinski definition) is 0. The van der Waals surface area contributed by atoms with E-state index in [1.165, 1.54) is 6.33 Å². The van der Waals surface area contributed by atoms with Gasteiger partial charge >= 0.3 is 0 Å². The van der Waals surface area contributed by atoms with E-state index >= 15 is 0 Å². The summed E-state index contributed by atoms with van der Waals surface area (Å²) in [5, 5.41) is 4.41. The second kappa shape index (κ2) is 5.64. The predicted molar refractivity (Wildman–Crippen MR) is 66.9 cm³/mol. The normalized spacial score (nSPS) is 10.3. The average Bonchev–Trinajstić information content (AvgIpc) is 2.83. The van der Waals surface area contributed by atoms with Gasteiger partial charge in [0.25, 0.3) is 0 Å². The fourth-order valence-corrected chi connectivity index (χ4v) is 1.77. The van der Waals surface area contributed by atoms with Crippen molar-refractivity contribution in [1.82, 2.24) is 14.8 Å².